The van der Waals surface area contributed by atoms with Crippen molar-refractivity contribution in [1.29, 1.82) is 0 Å². The van der Waals surface area contributed by atoms with Crippen LogP contribution in [0.25, 0.3) is 6.08 Å². The first-order valence-corrected chi connectivity index (χ1v) is 6.88. The maximum absolute atomic E-state index is 13.9. The lowest BCUT2D eigenvalue weighted by atomic mass is 9.96. The number of primary amides is 1. The smallest absolute Gasteiger partial charge is 0.249 e. The van der Waals surface area contributed by atoms with E-state index >= 15 is 0 Å². The predicted molar refractivity (Wildman–Crippen MR) is 83.9 cm³/mol. The quantitative estimate of drug-likeness (QED) is 0.891. The van der Waals surface area contributed by atoms with E-state index in [0.29, 0.717) is 23.4 Å². The van der Waals surface area contributed by atoms with Crippen LogP contribution in [0.4, 0.5) is 4.39 Å². The van der Waals surface area contributed by atoms with Crippen molar-refractivity contribution in [3.05, 3.63) is 76.1 Å². The fourth-order valence-corrected chi connectivity index (χ4v) is 2.49. The average molecular weight is 304 g/mol. The number of hydrogen-bond donors (Lipinski definition) is 1. The van der Waals surface area contributed by atoms with Crippen LogP contribution < -0.4 is 5.73 Å². The molecule has 108 valence electrons. The first-order chi connectivity index (χ1) is 10.0. The lowest BCUT2D eigenvalue weighted by Gasteiger charge is -2.10. The zero-order valence-corrected chi connectivity index (χ0v) is 12.2. The molecule has 0 saturated heterocycles. The largest absolute Gasteiger partial charge is 0.366 e. The molecule has 0 aromatic heterocycles. The topological polar surface area (TPSA) is 43.1 Å². The van der Waals surface area contributed by atoms with E-state index in [1.165, 1.54) is 18.2 Å². The van der Waals surface area contributed by atoms with Crippen LogP contribution in [-0.2, 0) is 12.8 Å². The van der Waals surface area contributed by atoms with Gasteiger partial charge in [-0.05, 0) is 48.2 Å². The van der Waals surface area contributed by atoms with Crippen molar-refractivity contribution in [2.45, 2.75) is 12.8 Å². The molecule has 4 heteroatoms. The third-order valence-corrected chi connectivity index (χ3v) is 3.59. The van der Waals surface area contributed by atoms with E-state index in [-0.39, 0.29) is 5.56 Å². The average Bonchev–Trinajstić information content (AvgIpc) is 2.45. The summed E-state index contributed by atoms with van der Waals surface area (Å²) >= 11 is 5.99. The summed E-state index contributed by atoms with van der Waals surface area (Å²) in [4.78, 5) is 11.4. The summed E-state index contributed by atoms with van der Waals surface area (Å²) in [5, 5.41) is 0.610. The number of hydrogen-bond acceptors (Lipinski definition) is 1. The Balaban J connectivity index is 2.31. The van der Waals surface area contributed by atoms with E-state index < -0.39 is 11.7 Å². The Morgan fingerprint density at radius 3 is 2.71 bits per heavy atom. The Labute approximate surface area is 128 Å². The molecule has 0 saturated carbocycles. The highest BCUT2D eigenvalue weighted by Crippen LogP contribution is 2.21. The van der Waals surface area contributed by atoms with E-state index in [4.69, 9.17) is 17.3 Å². The molecule has 2 aromatic carbocycles. The van der Waals surface area contributed by atoms with Crippen molar-refractivity contribution in [3.63, 3.8) is 0 Å². The summed E-state index contributed by atoms with van der Waals surface area (Å²) in [6, 6.07) is 9.80. The van der Waals surface area contributed by atoms with Crippen molar-refractivity contribution in [3.8, 4) is 0 Å². The van der Waals surface area contributed by atoms with Crippen LogP contribution in [-0.4, -0.2) is 5.91 Å². The SMILES string of the molecule is C=Cc1ccc(Cl)cc1CCc1c(F)cccc1C(N)=O. The lowest BCUT2D eigenvalue weighted by molar-refractivity contribution is 0.0999. The van der Waals surface area contributed by atoms with Crippen LogP contribution in [0.5, 0.6) is 0 Å². The molecule has 2 nitrogen and oxygen atoms in total. The summed E-state index contributed by atoms with van der Waals surface area (Å²) < 4.78 is 13.9. The summed E-state index contributed by atoms with van der Waals surface area (Å²) in [5.41, 5.74) is 7.74. The van der Waals surface area contributed by atoms with Crippen molar-refractivity contribution < 1.29 is 9.18 Å². The Bertz CT molecular complexity index is 697. The number of carbonyl (C=O) groups is 1. The van der Waals surface area contributed by atoms with Crippen LogP contribution in [0.1, 0.15) is 27.0 Å². The zero-order chi connectivity index (χ0) is 15.4. The fraction of sp³-hybridized carbons (Fsp3) is 0.118. The van der Waals surface area contributed by atoms with Gasteiger partial charge in [0.05, 0.1) is 0 Å². The number of aryl methyl sites for hydroxylation is 1. The minimum Gasteiger partial charge on any atom is -0.366 e. The molecule has 2 aromatic rings. The Morgan fingerprint density at radius 2 is 2.05 bits per heavy atom. The summed E-state index contributed by atoms with van der Waals surface area (Å²) in [6.07, 6.45) is 2.64. The van der Waals surface area contributed by atoms with E-state index in [2.05, 4.69) is 6.58 Å². The van der Waals surface area contributed by atoms with Gasteiger partial charge in [-0.3, -0.25) is 4.79 Å². The number of carbonyl (C=O) groups excluding carboxylic acids is 1. The minimum atomic E-state index is -0.625. The van der Waals surface area contributed by atoms with Gasteiger partial charge in [-0.1, -0.05) is 36.4 Å². The van der Waals surface area contributed by atoms with Gasteiger partial charge in [0.1, 0.15) is 5.82 Å². The summed E-state index contributed by atoms with van der Waals surface area (Å²) in [6.45, 7) is 3.75. The lowest BCUT2D eigenvalue weighted by Crippen LogP contribution is -2.15. The number of nitrogens with two attached hydrogens (primary N) is 1. The Hall–Kier alpha value is -2.13. The molecule has 0 spiro atoms. The van der Waals surface area contributed by atoms with Crippen LogP contribution in [0.2, 0.25) is 5.02 Å². The molecule has 21 heavy (non-hydrogen) atoms. The van der Waals surface area contributed by atoms with Gasteiger partial charge in [0.25, 0.3) is 0 Å². The highest BCUT2D eigenvalue weighted by atomic mass is 35.5. The van der Waals surface area contributed by atoms with Gasteiger partial charge in [0.2, 0.25) is 5.91 Å². The molecule has 0 radical (unpaired) electrons. The number of halogens is 2. The predicted octanol–water partition coefficient (Wildman–Crippen LogP) is 4.01. The molecule has 0 fully saturated rings. The van der Waals surface area contributed by atoms with Crippen molar-refractivity contribution in [2.75, 3.05) is 0 Å². The summed E-state index contributed by atoms with van der Waals surface area (Å²) in [5.74, 6) is -1.05. The van der Waals surface area contributed by atoms with E-state index in [0.717, 1.165) is 11.1 Å². The number of benzene rings is 2. The van der Waals surface area contributed by atoms with Gasteiger partial charge >= 0.3 is 0 Å². The third-order valence-electron chi connectivity index (χ3n) is 3.35. The van der Waals surface area contributed by atoms with Crippen LogP contribution >= 0.6 is 11.6 Å². The van der Waals surface area contributed by atoms with E-state index in [1.807, 2.05) is 12.1 Å². The molecule has 0 bridgehead atoms. The molecule has 0 aliphatic heterocycles. The van der Waals surface area contributed by atoms with Crippen molar-refractivity contribution in [1.82, 2.24) is 0 Å². The van der Waals surface area contributed by atoms with Crippen molar-refractivity contribution in [2.24, 2.45) is 5.73 Å². The molecule has 0 aliphatic rings. The molecule has 2 N–H and O–H groups in total. The maximum Gasteiger partial charge on any atom is 0.249 e. The van der Waals surface area contributed by atoms with Gasteiger partial charge in [0, 0.05) is 16.1 Å². The second kappa shape index (κ2) is 6.55. The van der Waals surface area contributed by atoms with Gasteiger partial charge in [0.15, 0.2) is 0 Å². The molecule has 0 heterocycles. The van der Waals surface area contributed by atoms with Crippen LogP contribution in [0, 0.1) is 5.82 Å². The monoisotopic (exact) mass is 303 g/mol. The van der Waals surface area contributed by atoms with E-state index in [9.17, 15) is 9.18 Å². The number of amides is 1. The zero-order valence-electron chi connectivity index (χ0n) is 11.4. The highest BCUT2D eigenvalue weighted by molar-refractivity contribution is 6.30. The molecule has 0 aliphatic carbocycles. The molecule has 1 amide bonds. The van der Waals surface area contributed by atoms with E-state index in [1.54, 1.807) is 12.1 Å². The molecule has 0 unspecified atom stereocenters. The summed E-state index contributed by atoms with van der Waals surface area (Å²) in [7, 11) is 0. The van der Waals surface area contributed by atoms with Gasteiger partial charge in [-0.15, -0.1) is 0 Å². The third kappa shape index (κ3) is 3.50. The van der Waals surface area contributed by atoms with Gasteiger partial charge in [-0.2, -0.15) is 0 Å². The maximum atomic E-state index is 13.9. The normalized spacial score (nSPS) is 10.4. The Kier molecular flexibility index (Phi) is 4.76. The van der Waals surface area contributed by atoms with Crippen molar-refractivity contribution >= 4 is 23.6 Å². The molecular formula is C17H15ClFNO. The first kappa shape index (κ1) is 15.3. The van der Waals surface area contributed by atoms with Gasteiger partial charge < -0.3 is 5.73 Å². The second-order valence-corrected chi connectivity index (χ2v) is 5.11. The Morgan fingerprint density at radius 1 is 1.29 bits per heavy atom. The molecule has 0 atom stereocenters. The first-order valence-electron chi connectivity index (χ1n) is 6.51. The fourth-order valence-electron chi connectivity index (χ4n) is 2.29. The molecular weight excluding hydrogens is 289 g/mol. The van der Waals surface area contributed by atoms with Crippen LogP contribution in [0.3, 0.4) is 0 Å². The standard InChI is InChI=1S/C17H15ClFNO/c1-2-11-6-8-13(18)10-12(11)7-9-14-15(17(20)21)4-3-5-16(14)19/h2-6,8,10H,1,7,9H2,(H2,20,21). The minimum absolute atomic E-state index is 0.220. The van der Waals surface area contributed by atoms with Crippen LogP contribution in [0.15, 0.2) is 43.0 Å². The highest BCUT2D eigenvalue weighted by Gasteiger charge is 2.13. The number of rotatable bonds is 5. The second-order valence-electron chi connectivity index (χ2n) is 4.68. The van der Waals surface area contributed by atoms with Gasteiger partial charge in [-0.25, -0.2) is 4.39 Å². The molecule has 2 rings (SSSR count).